The van der Waals surface area contributed by atoms with Gasteiger partial charge in [-0.25, -0.2) is 4.79 Å². The van der Waals surface area contributed by atoms with Crippen molar-refractivity contribution in [3.05, 3.63) is 0 Å². The molecule has 0 aromatic rings. The van der Waals surface area contributed by atoms with Gasteiger partial charge >= 0.3 is 12.0 Å². The van der Waals surface area contributed by atoms with Crippen molar-refractivity contribution in [3.8, 4) is 0 Å². The fourth-order valence-corrected chi connectivity index (χ4v) is 3.31. The van der Waals surface area contributed by atoms with Crippen LogP contribution in [-0.4, -0.2) is 41.6 Å². The van der Waals surface area contributed by atoms with Crippen molar-refractivity contribution in [1.82, 2.24) is 10.2 Å². The van der Waals surface area contributed by atoms with E-state index in [0.717, 1.165) is 0 Å². The summed E-state index contributed by atoms with van der Waals surface area (Å²) < 4.78 is 0. The monoisotopic (exact) mass is 282 g/mol. The summed E-state index contributed by atoms with van der Waals surface area (Å²) in [6.07, 6.45) is 8.01. The van der Waals surface area contributed by atoms with Crippen LogP contribution in [0.15, 0.2) is 0 Å². The summed E-state index contributed by atoms with van der Waals surface area (Å²) in [5, 5.41) is 12.0. The maximum absolute atomic E-state index is 12.1. The smallest absolute Gasteiger partial charge is 0.317 e. The second kappa shape index (κ2) is 6.46. The summed E-state index contributed by atoms with van der Waals surface area (Å²) in [6, 6.07) is -0.0979. The average Bonchev–Trinajstić information content (AvgIpc) is 2.81. The highest BCUT2D eigenvalue weighted by Gasteiger charge is 2.32. The first kappa shape index (κ1) is 15.1. The minimum absolute atomic E-state index is 0.0979. The lowest BCUT2D eigenvalue weighted by Gasteiger charge is -2.29. The van der Waals surface area contributed by atoms with Crippen molar-refractivity contribution >= 4 is 12.0 Å². The van der Waals surface area contributed by atoms with E-state index < -0.39 is 11.9 Å². The molecule has 1 saturated carbocycles. The van der Waals surface area contributed by atoms with Gasteiger partial charge in [-0.15, -0.1) is 0 Å². The third kappa shape index (κ3) is 3.87. The number of hydrogen-bond acceptors (Lipinski definition) is 2. The number of carboxylic acid groups (broad SMARTS) is 1. The van der Waals surface area contributed by atoms with Crippen LogP contribution in [0.4, 0.5) is 4.79 Å². The number of nitrogens with zero attached hydrogens (tertiary/aromatic N) is 1. The maximum Gasteiger partial charge on any atom is 0.317 e. The molecule has 0 radical (unpaired) electrons. The van der Waals surface area contributed by atoms with Gasteiger partial charge in [-0.05, 0) is 24.7 Å². The lowest BCUT2D eigenvalue weighted by atomic mass is 9.82. The number of aliphatic carboxylic acids is 1. The number of carboxylic acids is 1. The molecule has 0 spiro atoms. The Morgan fingerprint density at radius 1 is 1.25 bits per heavy atom. The summed E-state index contributed by atoms with van der Waals surface area (Å²) in [5.41, 5.74) is 0.206. The van der Waals surface area contributed by atoms with Crippen molar-refractivity contribution < 1.29 is 14.7 Å². The average molecular weight is 282 g/mol. The summed E-state index contributed by atoms with van der Waals surface area (Å²) >= 11 is 0. The number of likely N-dealkylation sites (tertiary alicyclic amines) is 1. The van der Waals surface area contributed by atoms with Crippen LogP contribution >= 0.6 is 0 Å². The van der Waals surface area contributed by atoms with E-state index in [0.29, 0.717) is 26.1 Å². The highest BCUT2D eigenvalue weighted by Crippen LogP contribution is 2.33. The van der Waals surface area contributed by atoms with E-state index in [1.165, 1.54) is 38.5 Å². The number of urea groups is 1. The van der Waals surface area contributed by atoms with Crippen LogP contribution in [0, 0.1) is 11.3 Å². The van der Waals surface area contributed by atoms with Crippen molar-refractivity contribution in [1.29, 1.82) is 0 Å². The Morgan fingerprint density at radius 3 is 2.45 bits per heavy atom. The first-order chi connectivity index (χ1) is 9.50. The van der Waals surface area contributed by atoms with Gasteiger partial charge < -0.3 is 15.3 Å². The van der Waals surface area contributed by atoms with E-state index in [1.54, 1.807) is 4.90 Å². The van der Waals surface area contributed by atoms with Gasteiger partial charge in [0.1, 0.15) is 0 Å². The molecule has 1 saturated heterocycles. The van der Waals surface area contributed by atoms with Gasteiger partial charge in [0.2, 0.25) is 0 Å². The zero-order chi connectivity index (χ0) is 14.6. The first-order valence-electron chi connectivity index (χ1n) is 7.76. The number of carbonyl (C=O) groups excluding carboxylic acids is 1. The number of nitrogens with one attached hydrogen (secondary N) is 1. The Balaban J connectivity index is 1.78. The highest BCUT2D eigenvalue weighted by molar-refractivity contribution is 5.77. The zero-order valence-corrected chi connectivity index (χ0v) is 12.4. The molecule has 1 aliphatic carbocycles. The van der Waals surface area contributed by atoms with E-state index in [2.05, 4.69) is 12.2 Å². The number of hydrogen-bond donors (Lipinski definition) is 2. The standard InChI is InChI=1S/C15H26N2O3/c1-15(7-4-2-3-5-8-15)11-16-14(20)17-9-6-12(10-17)13(18)19/h12H,2-11H2,1H3,(H,16,20)(H,18,19). The van der Waals surface area contributed by atoms with Gasteiger partial charge in [0.15, 0.2) is 0 Å². The van der Waals surface area contributed by atoms with Gasteiger partial charge in [-0.3, -0.25) is 4.79 Å². The van der Waals surface area contributed by atoms with E-state index in [-0.39, 0.29) is 11.4 Å². The minimum atomic E-state index is -0.795. The summed E-state index contributed by atoms with van der Waals surface area (Å²) in [5.74, 6) is -1.19. The number of rotatable bonds is 3. The molecule has 114 valence electrons. The molecule has 20 heavy (non-hydrogen) atoms. The zero-order valence-electron chi connectivity index (χ0n) is 12.4. The SMILES string of the molecule is CC1(CNC(=O)N2CCC(C(=O)O)C2)CCCCCC1. The van der Waals surface area contributed by atoms with E-state index in [1.807, 2.05) is 0 Å². The predicted molar refractivity (Wildman–Crippen MR) is 76.5 cm³/mol. The van der Waals surface area contributed by atoms with E-state index in [9.17, 15) is 9.59 Å². The van der Waals surface area contributed by atoms with Crippen LogP contribution in [0.2, 0.25) is 0 Å². The molecule has 0 aromatic carbocycles. The minimum Gasteiger partial charge on any atom is -0.481 e. The topological polar surface area (TPSA) is 69.6 Å². The van der Waals surface area contributed by atoms with Gasteiger partial charge in [0.05, 0.1) is 5.92 Å². The lowest BCUT2D eigenvalue weighted by Crippen LogP contribution is -2.43. The van der Waals surface area contributed by atoms with Gasteiger partial charge in [-0.1, -0.05) is 32.6 Å². The fourth-order valence-electron chi connectivity index (χ4n) is 3.31. The molecule has 2 amide bonds. The molecule has 2 rings (SSSR count). The molecule has 0 aromatic heterocycles. The number of amides is 2. The van der Waals surface area contributed by atoms with Gasteiger partial charge in [0, 0.05) is 19.6 Å². The highest BCUT2D eigenvalue weighted by atomic mass is 16.4. The first-order valence-corrected chi connectivity index (χ1v) is 7.76. The molecule has 2 N–H and O–H groups in total. The molecule has 1 atom stereocenters. The predicted octanol–water partition coefficient (Wildman–Crippen LogP) is 2.46. The van der Waals surface area contributed by atoms with Crippen LogP contribution in [0.1, 0.15) is 51.9 Å². The molecule has 1 aliphatic heterocycles. The Hall–Kier alpha value is -1.26. The van der Waals surface area contributed by atoms with Crippen molar-refractivity contribution in [2.45, 2.75) is 51.9 Å². The second-order valence-corrected chi connectivity index (χ2v) is 6.65. The van der Waals surface area contributed by atoms with Crippen LogP contribution in [0.25, 0.3) is 0 Å². The maximum atomic E-state index is 12.1. The molecule has 2 aliphatic rings. The summed E-state index contributed by atoms with van der Waals surface area (Å²) in [4.78, 5) is 24.6. The molecular formula is C15H26N2O3. The van der Waals surface area contributed by atoms with Crippen LogP contribution < -0.4 is 5.32 Å². The Morgan fingerprint density at radius 2 is 1.90 bits per heavy atom. The van der Waals surface area contributed by atoms with Crippen LogP contribution in [0.5, 0.6) is 0 Å². The van der Waals surface area contributed by atoms with Crippen LogP contribution in [0.3, 0.4) is 0 Å². The van der Waals surface area contributed by atoms with Gasteiger partial charge in [-0.2, -0.15) is 0 Å². The molecule has 1 unspecified atom stereocenters. The molecular weight excluding hydrogens is 256 g/mol. The third-order valence-electron chi connectivity index (χ3n) is 4.80. The third-order valence-corrected chi connectivity index (χ3v) is 4.80. The Kier molecular flexibility index (Phi) is 4.89. The van der Waals surface area contributed by atoms with Gasteiger partial charge in [0.25, 0.3) is 0 Å². The Bertz CT molecular complexity index is 362. The molecule has 0 bridgehead atoms. The quantitative estimate of drug-likeness (QED) is 0.781. The second-order valence-electron chi connectivity index (χ2n) is 6.65. The molecule has 2 fully saturated rings. The normalized spacial score (nSPS) is 26.1. The van der Waals surface area contributed by atoms with Crippen molar-refractivity contribution in [2.24, 2.45) is 11.3 Å². The lowest BCUT2D eigenvalue weighted by molar-refractivity contribution is -0.141. The fraction of sp³-hybridized carbons (Fsp3) is 0.867. The largest absolute Gasteiger partial charge is 0.481 e. The van der Waals surface area contributed by atoms with Crippen molar-refractivity contribution in [2.75, 3.05) is 19.6 Å². The van der Waals surface area contributed by atoms with Crippen molar-refractivity contribution in [3.63, 3.8) is 0 Å². The van der Waals surface area contributed by atoms with E-state index >= 15 is 0 Å². The van der Waals surface area contributed by atoms with E-state index in [4.69, 9.17) is 5.11 Å². The molecule has 5 heteroatoms. The molecule has 1 heterocycles. The summed E-state index contributed by atoms with van der Waals surface area (Å²) in [7, 11) is 0. The molecule has 5 nitrogen and oxygen atoms in total. The summed E-state index contributed by atoms with van der Waals surface area (Å²) in [6.45, 7) is 3.86. The number of carbonyl (C=O) groups is 2. The van der Waals surface area contributed by atoms with Crippen LogP contribution in [-0.2, 0) is 4.79 Å². The Labute approximate surface area is 120 Å².